The Morgan fingerprint density at radius 3 is 1.27 bits per heavy atom. The third-order valence-corrected chi connectivity index (χ3v) is 12.5. The van der Waals surface area contributed by atoms with Gasteiger partial charge in [0.15, 0.2) is 0 Å². The van der Waals surface area contributed by atoms with Crippen LogP contribution in [0.2, 0.25) is 0 Å². The van der Waals surface area contributed by atoms with Gasteiger partial charge in [0.05, 0.1) is 11.4 Å². The molecular weight excluding hydrogens is 677 g/mol. The van der Waals surface area contributed by atoms with Gasteiger partial charge in [0.2, 0.25) is 0 Å². The summed E-state index contributed by atoms with van der Waals surface area (Å²) in [5.41, 5.74) is 13.4. The number of aryl methyl sites for hydroxylation is 3. The molecule has 0 radical (unpaired) electrons. The summed E-state index contributed by atoms with van der Waals surface area (Å²) in [4.78, 5) is 4.91. The fraction of sp³-hybridized carbons (Fsp3) is 0.111. The first kappa shape index (κ1) is 32.8. The standard InChI is InChI=1S/C54H42N2/c1-33-9-21-40(22-10-33)55(41-23-11-34(2)12-24-41)48-29-19-37-18-28-45-49(30-20-38-17-27-44(48)50(37)51(38)45)56(42-25-13-35(3)14-26-42)43-31-39-16-15-36-7-6-8-46-52(36)53(39)47(32-43)54(46,4)5/h6-32H,1-5H3. The minimum atomic E-state index is -0.115. The molecule has 0 saturated carbocycles. The molecule has 0 N–H and O–H groups in total. The molecule has 2 heteroatoms. The summed E-state index contributed by atoms with van der Waals surface area (Å²) in [5.74, 6) is 0. The predicted octanol–water partition coefficient (Wildman–Crippen LogP) is 15.4. The van der Waals surface area contributed by atoms with E-state index in [9.17, 15) is 0 Å². The lowest BCUT2D eigenvalue weighted by atomic mass is 9.81. The van der Waals surface area contributed by atoms with E-state index in [1.165, 1.54) is 98.7 Å². The number of benzene rings is 10. The first-order valence-corrected chi connectivity index (χ1v) is 19.8. The maximum absolute atomic E-state index is 2.50. The van der Waals surface area contributed by atoms with E-state index in [4.69, 9.17) is 0 Å². The molecular formula is C54H42N2. The highest BCUT2D eigenvalue weighted by Gasteiger charge is 2.35. The summed E-state index contributed by atoms with van der Waals surface area (Å²) in [6.07, 6.45) is 0. The summed E-state index contributed by atoms with van der Waals surface area (Å²) in [7, 11) is 0. The van der Waals surface area contributed by atoms with E-state index < -0.39 is 0 Å². The Kier molecular flexibility index (Phi) is 6.98. The van der Waals surface area contributed by atoms with E-state index >= 15 is 0 Å². The zero-order valence-corrected chi connectivity index (χ0v) is 32.5. The lowest BCUT2D eigenvalue weighted by Crippen LogP contribution is -2.17. The van der Waals surface area contributed by atoms with Gasteiger partial charge >= 0.3 is 0 Å². The molecule has 0 bridgehead atoms. The van der Waals surface area contributed by atoms with Gasteiger partial charge in [-0.05, 0) is 136 Å². The molecule has 56 heavy (non-hydrogen) atoms. The molecule has 0 unspecified atom stereocenters. The highest BCUT2D eigenvalue weighted by Crippen LogP contribution is 2.52. The lowest BCUT2D eigenvalue weighted by molar-refractivity contribution is 0.663. The Morgan fingerprint density at radius 2 is 0.750 bits per heavy atom. The molecule has 11 rings (SSSR count). The van der Waals surface area contributed by atoms with Crippen LogP contribution in [0.25, 0.3) is 53.9 Å². The number of hydrogen-bond acceptors (Lipinski definition) is 2. The Morgan fingerprint density at radius 1 is 0.339 bits per heavy atom. The third-order valence-electron chi connectivity index (χ3n) is 12.5. The van der Waals surface area contributed by atoms with Gasteiger partial charge in [0.1, 0.15) is 0 Å². The summed E-state index contributed by atoms with van der Waals surface area (Å²) < 4.78 is 0. The van der Waals surface area contributed by atoms with Crippen molar-refractivity contribution in [3.63, 3.8) is 0 Å². The van der Waals surface area contributed by atoms with Gasteiger partial charge in [-0.2, -0.15) is 0 Å². The first-order valence-electron chi connectivity index (χ1n) is 19.8. The first-order chi connectivity index (χ1) is 27.2. The molecule has 268 valence electrons. The smallest absolute Gasteiger partial charge is 0.0540 e. The minimum Gasteiger partial charge on any atom is -0.310 e. The van der Waals surface area contributed by atoms with Gasteiger partial charge in [-0.25, -0.2) is 0 Å². The van der Waals surface area contributed by atoms with E-state index in [-0.39, 0.29) is 5.41 Å². The molecule has 10 aromatic rings. The second kappa shape index (κ2) is 11.9. The van der Waals surface area contributed by atoms with Crippen molar-refractivity contribution in [3.05, 3.63) is 192 Å². The summed E-state index contributed by atoms with van der Waals surface area (Å²) >= 11 is 0. The second-order valence-corrected chi connectivity index (χ2v) is 16.5. The summed E-state index contributed by atoms with van der Waals surface area (Å²) in [5, 5.41) is 13.0. The molecule has 1 aliphatic carbocycles. The maximum Gasteiger partial charge on any atom is 0.0540 e. The Balaban J connectivity index is 1.17. The fourth-order valence-electron chi connectivity index (χ4n) is 9.61. The van der Waals surface area contributed by atoms with Gasteiger partial charge in [0.25, 0.3) is 0 Å². The maximum atomic E-state index is 2.50. The number of hydrogen-bond donors (Lipinski definition) is 0. The molecule has 0 amide bonds. The molecule has 2 nitrogen and oxygen atoms in total. The topological polar surface area (TPSA) is 6.48 Å². The van der Waals surface area contributed by atoms with Crippen LogP contribution in [0.5, 0.6) is 0 Å². The van der Waals surface area contributed by atoms with Gasteiger partial charge in [-0.3, -0.25) is 0 Å². The van der Waals surface area contributed by atoms with Crippen LogP contribution in [-0.2, 0) is 5.41 Å². The van der Waals surface area contributed by atoms with Crippen molar-refractivity contribution < 1.29 is 0 Å². The van der Waals surface area contributed by atoms with E-state index in [0.717, 1.165) is 17.1 Å². The highest BCUT2D eigenvalue weighted by atomic mass is 15.1. The van der Waals surface area contributed by atoms with E-state index in [1.54, 1.807) is 0 Å². The minimum absolute atomic E-state index is 0.115. The van der Waals surface area contributed by atoms with Crippen molar-refractivity contribution in [2.45, 2.75) is 40.0 Å². The van der Waals surface area contributed by atoms with Crippen molar-refractivity contribution in [1.82, 2.24) is 0 Å². The van der Waals surface area contributed by atoms with E-state index in [0.29, 0.717) is 0 Å². The lowest BCUT2D eigenvalue weighted by Gasteiger charge is -2.30. The molecule has 10 aromatic carbocycles. The largest absolute Gasteiger partial charge is 0.310 e. The van der Waals surface area contributed by atoms with Crippen LogP contribution in [0.4, 0.5) is 34.1 Å². The van der Waals surface area contributed by atoms with Crippen LogP contribution < -0.4 is 9.80 Å². The average molecular weight is 719 g/mol. The van der Waals surface area contributed by atoms with Gasteiger partial charge in [-0.15, -0.1) is 0 Å². The molecule has 0 fully saturated rings. The summed E-state index contributed by atoms with van der Waals surface area (Å²) in [6.45, 7) is 11.2. The third kappa shape index (κ3) is 4.75. The Labute approximate surface area is 328 Å². The fourth-order valence-corrected chi connectivity index (χ4v) is 9.61. The monoisotopic (exact) mass is 718 g/mol. The second-order valence-electron chi connectivity index (χ2n) is 16.5. The van der Waals surface area contributed by atoms with Crippen molar-refractivity contribution in [2.24, 2.45) is 0 Å². The Hall–Kier alpha value is -6.64. The van der Waals surface area contributed by atoms with Gasteiger partial charge in [0, 0.05) is 38.9 Å². The molecule has 0 atom stereocenters. The van der Waals surface area contributed by atoms with Gasteiger partial charge in [-0.1, -0.05) is 134 Å². The predicted molar refractivity (Wildman–Crippen MR) is 241 cm³/mol. The number of nitrogens with zero attached hydrogens (tertiary/aromatic N) is 2. The SMILES string of the molecule is Cc1ccc(N(c2ccc(C)cc2)c2ccc3ccc4c(N(c5ccc(C)cc5)c5cc6c7c(ccc8cccc(c87)C6(C)C)c5)ccc5ccc2c3c54)cc1. The number of rotatable bonds is 6. The van der Waals surface area contributed by atoms with Crippen molar-refractivity contribution >= 4 is 88.0 Å². The Bertz CT molecular complexity index is 3130. The zero-order valence-electron chi connectivity index (χ0n) is 32.5. The molecule has 0 spiro atoms. The molecule has 0 aromatic heterocycles. The molecule has 1 aliphatic rings. The zero-order chi connectivity index (χ0) is 37.9. The van der Waals surface area contributed by atoms with Crippen LogP contribution in [0, 0.1) is 20.8 Å². The number of anilines is 6. The van der Waals surface area contributed by atoms with E-state index in [1.807, 2.05) is 0 Å². The summed E-state index contributed by atoms with van der Waals surface area (Å²) in [6, 6.07) is 61.7. The average Bonchev–Trinajstić information content (AvgIpc) is 3.45. The highest BCUT2D eigenvalue weighted by molar-refractivity contribution is 6.28. The van der Waals surface area contributed by atoms with E-state index in [2.05, 4.69) is 208 Å². The molecule has 0 heterocycles. The molecule has 0 saturated heterocycles. The van der Waals surface area contributed by atoms with Crippen LogP contribution in [-0.4, -0.2) is 0 Å². The normalized spacial score (nSPS) is 13.2. The van der Waals surface area contributed by atoms with Crippen LogP contribution in [0.1, 0.15) is 41.7 Å². The van der Waals surface area contributed by atoms with Crippen molar-refractivity contribution in [1.29, 1.82) is 0 Å². The van der Waals surface area contributed by atoms with Gasteiger partial charge < -0.3 is 9.80 Å². The van der Waals surface area contributed by atoms with Crippen LogP contribution >= 0.6 is 0 Å². The van der Waals surface area contributed by atoms with Crippen molar-refractivity contribution in [3.8, 4) is 0 Å². The molecule has 0 aliphatic heterocycles. The van der Waals surface area contributed by atoms with Crippen LogP contribution in [0.3, 0.4) is 0 Å². The van der Waals surface area contributed by atoms with Crippen molar-refractivity contribution in [2.75, 3.05) is 9.80 Å². The quantitative estimate of drug-likeness (QED) is 0.158. The van der Waals surface area contributed by atoms with Crippen LogP contribution in [0.15, 0.2) is 164 Å².